The standard InChI is InChI=1S/C13H12BrFS/c1-2-11-7-8-12(16-11)13(14)9-3-5-10(15)6-4-9/h3-8,13H,2H2,1H3. The topological polar surface area (TPSA) is 0 Å². The molecule has 0 N–H and O–H groups in total. The second-order valence-electron chi connectivity index (χ2n) is 3.57. The number of thiophene rings is 1. The summed E-state index contributed by atoms with van der Waals surface area (Å²) in [5.74, 6) is -0.191. The van der Waals surface area contributed by atoms with Crippen LogP contribution in [0.1, 0.15) is 27.1 Å². The Balaban J connectivity index is 2.24. The number of halogens is 2. The molecule has 1 aromatic carbocycles. The first-order valence-electron chi connectivity index (χ1n) is 5.19. The van der Waals surface area contributed by atoms with Gasteiger partial charge in [-0.1, -0.05) is 35.0 Å². The number of hydrogen-bond donors (Lipinski definition) is 0. The molecule has 0 radical (unpaired) electrons. The molecular weight excluding hydrogens is 287 g/mol. The highest BCUT2D eigenvalue weighted by molar-refractivity contribution is 9.09. The lowest BCUT2D eigenvalue weighted by Crippen LogP contribution is -1.89. The SMILES string of the molecule is CCc1ccc(C(Br)c2ccc(F)cc2)s1. The Morgan fingerprint density at radius 3 is 2.44 bits per heavy atom. The molecule has 0 spiro atoms. The van der Waals surface area contributed by atoms with Gasteiger partial charge in [-0.25, -0.2) is 4.39 Å². The van der Waals surface area contributed by atoms with Crippen LogP contribution in [0, 0.1) is 5.82 Å². The molecule has 0 amide bonds. The molecule has 2 rings (SSSR count). The van der Waals surface area contributed by atoms with E-state index in [1.807, 2.05) is 12.1 Å². The van der Waals surface area contributed by atoms with Crippen molar-refractivity contribution in [2.24, 2.45) is 0 Å². The van der Waals surface area contributed by atoms with Gasteiger partial charge in [0, 0.05) is 9.75 Å². The minimum Gasteiger partial charge on any atom is -0.207 e. The van der Waals surface area contributed by atoms with E-state index < -0.39 is 0 Å². The number of rotatable bonds is 3. The number of aryl methyl sites for hydroxylation is 1. The van der Waals surface area contributed by atoms with Gasteiger partial charge >= 0.3 is 0 Å². The molecule has 3 heteroatoms. The van der Waals surface area contributed by atoms with E-state index in [-0.39, 0.29) is 10.6 Å². The predicted octanol–water partition coefficient (Wildman–Crippen LogP) is 4.93. The molecule has 0 saturated carbocycles. The minimum atomic E-state index is -0.191. The molecule has 0 nitrogen and oxygen atoms in total. The van der Waals surface area contributed by atoms with Gasteiger partial charge in [0.1, 0.15) is 5.82 Å². The Morgan fingerprint density at radius 2 is 1.88 bits per heavy atom. The quantitative estimate of drug-likeness (QED) is 0.705. The first-order chi connectivity index (χ1) is 7.70. The number of alkyl halides is 1. The average Bonchev–Trinajstić information content (AvgIpc) is 2.77. The van der Waals surface area contributed by atoms with Gasteiger partial charge in [-0.2, -0.15) is 0 Å². The summed E-state index contributed by atoms with van der Waals surface area (Å²) < 4.78 is 12.8. The third-order valence-electron chi connectivity index (χ3n) is 2.44. The number of benzene rings is 1. The van der Waals surface area contributed by atoms with Gasteiger partial charge in [0.25, 0.3) is 0 Å². The molecule has 0 aliphatic heterocycles. The van der Waals surface area contributed by atoms with Crippen molar-refractivity contribution in [1.29, 1.82) is 0 Å². The Hall–Kier alpha value is -0.670. The average molecular weight is 299 g/mol. The van der Waals surface area contributed by atoms with Crippen molar-refractivity contribution in [3.63, 3.8) is 0 Å². The van der Waals surface area contributed by atoms with E-state index in [1.54, 1.807) is 11.3 Å². The van der Waals surface area contributed by atoms with Crippen molar-refractivity contribution in [2.45, 2.75) is 18.2 Å². The van der Waals surface area contributed by atoms with E-state index in [9.17, 15) is 4.39 Å². The zero-order valence-corrected chi connectivity index (χ0v) is 11.3. The largest absolute Gasteiger partial charge is 0.207 e. The third kappa shape index (κ3) is 2.53. The van der Waals surface area contributed by atoms with Crippen LogP contribution in [0.3, 0.4) is 0 Å². The van der Waals surface area contributed by atoms with Crippen LogP contribution in [0.5, 0.6) is 0 Å². The predicted molar refractivity (Wildman–Crippen MR) is 70.9 cm³/mol. The zero-order valence-electron chi connectivity index (χ0n) is 8.91. The van der Waals surface area contributed by atoms with Crippen LogP contribution in [-0.4, -0.2) is 0 Å². The van der Waals surface area contributed by atoms with Gasteiger partial charge in [-0.3, -0.25) is 0 Å². The first kappa shape index (κ1) is 11.8. The second kappa shape index (κ2) is 5.11. The Labute approximate surface area is 107 Å². The van der Waals surface area contributed by atoms with Crippen molar-refractivity contribution in [1.82, 2.24) is 0 Å². The van der Waals surface area contributed by atoms with Gasteiger partial charge in [0.2, 0.25) is 0 Å². The molecule has 0 saturated heterocycles. The first-order valence-corrected chi connectivity index (χ1v) is 6.92. The van der Waals surface area contributed by atoms with Gasteiger partial charge in [0.05, 0.1) is 4.83 Å². The maximum atomic E-state index is 12.8. The summed E-state index contributed by atoms with van der Waals surface area (Å²) >= 11 is 5.45. The summed E-state index contributed by atoms with van der Waals surface area (Å²) in [7, 11) is 0. The van der Waals surface area contributed by atoms with Crippen LogP contribution < -0.4 is 0 Å². The molecule has 2 aromatic rings. The fourth-order valence-corrected chi connectivity index (χ4v) is 3.21. The summed E-state index contributed by atoms with van der Waals surface area (Å²) in [6.07, 6.45) is 1.06. The molecule has 1 atom stereocenters. The molecule has 0 bridgehead atoms. The molecule has 1 unspecified atom stereocenters. The van der Waals surface area contributed by atoms with E-state index in [0.717, 1.165) is 12.0 Å². The Morgan fingerprint density at radius 1 is 1.19 bits per heavy atom. The fraction of sp³-hybridized carbons (Fsp3) is 0.231. The van der Waals surface area contributed by atoms with E-state index >= 15 is 0 Å². The van der Waals surface area contributed by atoms with Crippen LogP contribution >= 0.6 is 27.3 Å². The van der Waals surface area contributed by atoms with E-state index in [4.69, 9.17) is 0 Å². The smallest absolute Gasteiger partial charge is 0.123 e. The monoisotopic (exact) mass is 298 g/mol. The molecular formula is C13H12BrFS. The molecule has 1 heterocycles. The van der Waals surface area contributed by atoms with Crippen LogP contribution in [0.2, 0.25) is 0 Å². The Kier molecular flexibility index (Phi) is 3.77. The highest BCUT2D eigenvalue weighted by Crippen LogP contribution is 2.35. The van der Waals surface area contributed by atoms with Crippen LogP contribution in [-0.2, 0) is 6.42 Å². The minimum absolute atomic E-state index is 0.165. The fourth-order valence-electron chi connectivity index (χ4n) is 1.52. The van der Waals surface area contributed by atoms with Gasteiger partial charge in [-0.15, -0.1) is 11.3 Å². The lowest BCUT2D eigenvalue weighted by atomic mass is 10.1. The molecule has 16 heavy (non-hydrogen) atoms. The van der Waals surface area contributed by atoms with Crippen molar-refractivity contribution in [3.8, 4) is 0 Å². The highest BCUT2D eigenvalue weighted by atomic mass is 79.9. The van der Waals surface area contributed by atoms with Gasteiger partial charge < -0.3 is 0 Å². The molecule has 0 fully saturated rings. The summed E-state index contributed by atoms with van der Waals surface area (Å²) in [5.41, 5.74) is 1.09. The van der Waals surface area contributed by atoms with Crippen LogP contribution in [0.25, 0.3) is 0 Å². The van der Waals surface area contributed by atoms with Crippen molar-refractivity contribution < 1.29 is 4.39 Å². The lowest BCUT2D eigenvalue weighted by molar-refractivity contribution is 0.627. The maximum absolute atomic E-state index is 12.8. The summed E-state index contributed by atoms with van der Waals surface area (Å²) in [6.45, 7) is 2.15. The van der Waals surface area contributed by atoms with Crippen molar-refractivity contribution in [3.05, 3.63) is 57.5 Å². The second-order valence-corrected chi connectivity index (χ2v) is 5.69. The highest BCUT2D eigenvalue weighted by Gasteiger charge is 2.12. The van der Waals surface area contributed by atoms with E-state index in [1.165, 1.54) is 21.9 Å². The molecule has 1 aromatic heterocycles. The van der Waals surface area contributed by atoms with E-state index in [0.29, 0.717) is 0 Å². The molecule has 84 valence electrons. The van der Waals surface area contributed by atoms with Gasteiger partial charge in [0.15, 0.2) is 0 Å². The third-order valence-corrected chi connectivity index (χ3v) is 5.06. The van der Waals surface area contributed by atoms with Crippen LogP contribution in [0.15, 0.2) is 36.4 Å². The van der Waals surface area contributed by atoms with Crippen molar-refractivity contribution in [2.75, 3.05) is 0 Å². The van der Waals surface area contributed by atoms with Gasteiger partial charge in [-0.05, 0) is 36.2 Å². The summed E-state index contributed by atoms with van der Waals surface area (Å²) in [6, 6.07) is 10.9. The normalized spacial score (nSPS) is 12.7. The van der Waals surface area contributed by atoms with Crippen molar-refractivity contribution >= 4 is 27.3 Å². The molecule has 0 aliphatic rings. The lowest BCUT2D eigenvalue weighted by Gasteiger charge is -2.07. The zero-order chi connectivity index (χ0) is 11.5. The summed E-state index contributed by atoms with van der Waals surface area (Å²) in [4.78, 5) is 2.81. The van der Waals surface area contributed by atoms with Crippen LogP contribution in [0.4, 0.5) is 4.39 Å². The summed E-state index contributed by atoms with van der Waals surface area (Å²) in [5, 5.41) is 0. The van der Waals surface area contributed by atoms with E-state index in [2.05, 4.69) is 35.0 Å². The Bertz CT molecular complexity index is 461. The number of hydrogen-bond acceptors (Lipinski definition) is 1. The molecule has 0 aliphatic carbocycles. The maximum Gasteiger partial charge on any atom is 0.123 e.